The molecule has 1 heterocycles. The Hall–Kier alpha value is -1.13. The molecule has 0 amide bonds. The van der Waals surface area contributed by atoms with Crippen LogP contribution in [-0.2, 0) is 11.2 Å². The lowest BCUT2D eigenvalue weighted by atomic mass is 9.98. The number of methoxy groups -OCH3 is 1. The van der Waals surface area contributed by atoms with Crippen molar-refractivity contribution in [2.24, 2.45) is 5.92 Å². The number of hydrogen-bond donors (Lipinski definition) is 2. The van der Waals surface area contributed by atoms with Crippen LogP contribution >= 0.6 is 0 Å². The molecule has 0 aliphatic heterocycles. The van der Waals surface area contributed by atoms with E-state index in [2.05, 4.69) is 24.1 Å². The first-order valence-corrected chi connectivity index (χ1v) is 6.04. The predicted molar refractivity (Wildman–Crippen MR) is 71.0 cm³/mol. The molecule has 4 nitrogen and oxygen atoms in total. The average Bonchev–Trinajstić information content (AvgIpc) is 2.30. The van der Waals surface area contributed by atoms with E-state index in [1.165, 1.54) is 11.1 Å². The van der Waals surface area contributed by atoms with Crippen molar-refractivity contribution in [3.05, 3.63) is 23.4 Å². The Morgan fingerprint density at radius 3 is 2.94 bits per heavy atom. The number of nitrogens with zero attached hydrogens (tertiary/aromatic N) is 1. The van der Waals surface area contributed by atoms with Crippen LogP contribution in [0, 0.1) is 12.8 Å². The highest BCUT2D eigenvalue weighted by Crippen LogP contribution is 2.17. The van der Waals surface area contributed by atoms with Crippen LogP contribution < -0.4 is 11.1 Å². The molecular weight excluding hydrogens is 214 g/mol. The second kappa shape index (κ2) is 7.25. The highest BCUT2D eigenvalue weighted by Gasteiger charge is 2.09. The third-order valence-electron chi connectivity index (χ3n) is 2.85. The van der Waals surface area contributed by atoms with Gasteiger partial charge in [0.1, 0.15) is 5.82 Å². The monoisotopic (exact) mass is 237 g/mol. The minimum absolute atomic E-state index is 0.539. The lowest BCUT2D eigenvalue weighted by Gasteiger charge is -2.15. The van der Waals surface area contributed by atoms with E-state index in [1.54, 1.807) is 13.3 Å². The summed E-state index contributed by atoms with van der Waals surface area (Å²) in [5.74, 6) is 1.20. The van der Waals surface area contributed by atoms with Gasteiger partial charge in [-0.3, -0.25) is 0 Å². The predicted octanol–water partition coefficient (Wildman–Crippen LogP) is 1.39. The summed E-state index contributed by atoms with van der Waals surface area (Å²) in [5.41, 5.74) is 8.29. The summed E-state index contributed by atoms with van der Waals surface area (Å²) >= 11 is 0. The second-order valence-electron chi connectivity index (χ2n) is 4.50. The molecule has 0 saturated heterocycles. The Morgan fingerprint density at radius 2 is 2.29 bits per heavy atom. The molecule has 0 radical (unpaired) electrons. The van der Waals surface area contributed by atoms with Crippen molar-refractivity contribution in [1.82, 2.24) is 10.3 Å². The van der Waals surface area contributed by atoms with Crippen LogP contribution in [0.5, 0.6) is 0 Å². The molecule has 1 aromatic heterocycles. The van der Waals surface area contributed by atoms with Gasteiger partial charge in [0.25, 0.3) is 0 Å². The van der Waals surface area contributed by atoms with Crippen LogP contribution in [0.25, 0.3) is 0 Å². The van der Waals surface area contributed by atoms with Crippen LogP contribution in [0.4, 0.5) is 5.82 Å². The topological polar surface area (TPSA) is 60.2 Å². The first kappa shape index (κ1) is 13.9. The molecule has 0 aromatic carbocycles. The van der Waals surface area contributed by atoms with Gasteiger partial charge in [-0.15, -0.1) is 0 Å². The number of nitrogens with two attached hydrogens (primary N) is 1. The van der Waals surface area contributed by atoms with E-state index < -0.39 is 0 Å². The number of nitrogen functional groups attached to an aromatic ring is 1. The second-order valence-corrected chi connectivity index (χ2v) is 4.50. The minimum atomic E-state index is 0.539. The van der Waals surface area contributed by atoms with Gasteiger partial charge < -0.3 is 15.8 Å². The maximum absolute atomic E-state index is 5.89. The number of hydrogen-bond acceptors (Lipinski definition) is 4. The third-order valence-corrected chi connectivity index (χ3v) is 2.85. The van der Waals surface area contributed by atoms with Crippen LogP contribution in [-0.4, -0.2) is 31.8 Å². The number of rotatable bonds is 7. The molecule has 1 atom stereocenters. The van der Waals surface area contributed by atoms with Crippen molar-refractivity contribution >= 4 is 5.82 Å². The third kappa shape index (κ3) is 4.71. The molecule has 0 aliphatic carbocycles. The van der Waals surface area contributed by atoms with Gasteiger partial charge in [0.2, 0.25) is 0 Å². The molecule has 3 N–H and O–H groups in total. The molecule has 1 rings (SSSR count). The van der Waals surface area contributed by atoms with Crippen molar-refractivity contribution in [3.8, 4) is 0 Å². The van der Waals surface area contributed by atoms with Crippen LogP contribution in [0.15, 0.2) is 12.3 Å². The number of aromatic nitrogens is 1. The zero-order chi connectivity index (χ0) is 12.7. The Labute approximate surface area is 104 Å². The molecule has 0 saturated carbocycles. The van der Waals surface area contributed by atoms with Crippen LogP contribution in [0.2, 0.25) is 0 Å². The molecule has 1 unspecified atom stereocenters. The molecule has 17 heavy (non-hydrogen) atoms. The van der Waals surface area contributed by atoms with Gasteiger partial charge in [-0.25, -0.2) is 4.98 Å². The summed E-state index contributed by atoms with van der Waals surface area (Å²) in [6.45, 7) is 6.91. The van der Waals surface area contributed by atoms with Crippen LogP contribution in [0.3, 0.4) is 0 Å². The highest BCUT2D eigenvalue weighted by atomic mass is 16.5. The van der Waals surface area contributed by atoms with E-state index in [0.29, 0.717) is 11.7 Å². The normalized spacial score (nSPS) is 12.6. The summed E-state index contributed by atoms with van der Waals surface area (Å²) in [6.07, 6.45) is 2.72. The first-order chi connectivity index (χ1) is 8.15. The quantitative estimate of drug-likeness (QED) is 0.704. The Balaban J connectivity index is 2.42. The molecule has 0 aliphatic rings. The average molecular weight is 237 g/mol. The van der Waals surface area contributed by atoms with E-state index in [4.69, 9.17) is 10.5 Å². The highest BCUT2D eigenvalue weighted by molar-refractivity contribution is 5.43. The molecule has 0 spiro atoms. The van der Waals surface area contributed by atoms with Crippen molar-refractivity contribution in [3.63, 3.8) is 0 Å². The molecular formula is C13H23N3O. The van der Waals surface area contributed by atoms with Gasteiger partial charge in [0, 0.05) is 19.9 Å². The summed E-state index contributed by atoms with van der Waals surface area (Å²) in [5, 5.41) is 3.36. The SMILES string of the molecule is COCCNCC(C)Cc1c(C)ccnc1N. The summed E-state index contributed by atoms with van der Waals surface area (Å²) in [4.78, 5) is 4.14. The molecule has 96 valence electrons. The lowest BCUT2D eigenvalue weighted by Crippen LogP contribution is -2.26. The maximum Gasteiger partial charge on any atom is 0.126 e. The fourth-order valence-electron chi connectivity index (χ4n) is 1.82. The number of nitrogens with one attached hydrogen (secondary N) is 1. The van der Waals surface area contributed by atoms with E-state index >= 15 is 0 Å². The lowest BCUT2D eigenvalue weighted by molar-refractivity contribution is 0.198. The smallest absolute Gasteiger partial charge is 0.126 e. The zero-order valence-electron chi connectivity index (χ0n) is 11.0. The number of pyridine rings is 1. The van der Waals surface area contributed by atoms with E-state index in [0.717, 1.165) is 26.1 Å². The number of ether oxygens (including phenoxy) is 1. The summed E-state index contributed by atoms with van der Waals surface area (Å²) in [7, 11) is 1.71. The van der Waals surface area contributed by atoms with Gasteiger partial charge in [0.15, 0.2) is 0 Å². The fourth-order valence-corrected chi connectivity index (χ4v) is 1.82. The van der Waals surface area contributed by atoms with Crippen molar-refractivity contribution in [1.29, 1.82) is 0 Å². The Bertz CT molecular complexity index is 321. The molecule has 0 fully saturated rings. The Morgan fingerprint density at radius 1 is 1.53 bits per heavy atom. The zero-order valence-corrected chi connectivity index (χ0v) is 11.0. The maximum atomic E-state index is 5.89. The van der Waals surface area contributed by atoms with Gasteiger partial charge in [-0.2, -0.15) is 0 Å². The van der Waals surface area contributed by atoms with Crippen molar-refractivity contribution in [2.45, 2.75) is 20.3 Å². The first-order valence-electron chi connectivity index (χ1n) is 6.04. The minimum Gasteiger partial charge on any atom is -0.383 e. The summed E-state index contributed by atoms with van der Waals surface area (Å²) < 4.78 is 4.99. The number of aryl methyl sites for hydroxylation is 1. The van der Waals surface area contributed by atoms with E-state index in [1.807, 2.05) is 6.07 Å². The van der Waals surface area contributed by atoms with Gasteiger partial charge in [0.05, 0.1) is 6.61 Å². The van der Waals surface area contributed by atoms with Gasteiger partial charge in [-0.05, 0) is 43.0 Å². The van der Waals surface area contributed by atoms with Crippen LogP contribution in [0.1, 0.15) is 18.1 Å². The standard InChI is InChI=1S/C13H23N3O/c1-10(9-15-6-7-17-3)8-12-11(2)4-5-16-13(12)14/h4-5,10,15H,6-9H2,1-3H3,(H2,14,16). The van der Waals surface area contributed by atoms with Gasteiger partial charge in [-0.1, -0.05) is 6.92 Å². The van der Waals surface area contributed by atoms with Crippen molar-refractivity contribution in [2.75, 3.05) is 32.5 Å². The van der Waals surface area contributed by atoms with Crippen molar-refractivity contribution < 1.29 is 4.74 Å². The molecule has 0 bridgehead atoms. The number of anilines is 1. The molecule has 1 aromatic rings. The van der Waals surface area contributed by atoms with Gasteiger partial charge >= 0.3 is 0 Å². The van der Waals surface area contributed by atoms with E-state index in [9.17, 15) is 0 Å². The fraction of sp³-hybridized carbons (Fsp3) is 0.615. The summed E-state index contributed by atoms with van der Waals surface area (Å²) in [6, 6.07) is 2.01. The Kier molecular flexibility index (Phi) is 5.94. The van der Waals surface area contributed by atoms with E-state index in [-0.39, 0.29) is 0 Å². The largest absolute Gasteiger partial charge is 0.383 e. The molecule has 4 heteroatoms.